The number of carboxylic acids is 1. The highest BCUT2D eigenvalue weighted by Gasteiger charge is 2.46. The Labute approximate surface area is 124 Å². The van der Waals surface area contributed by atoms with Gasteiger partial charge in [-0.15, -0.1) is 0 Å². The van der Waals surface area contributed by atoms with Crippen molar-refractivity contribution >= 4 is 11.9 Å². The molecule has 2 N–H and O–H groups in total. The van der Waals surface area contributed by atoms with Crippen molar-refractivity contribution in [1.29, 1.82) is 0 Å². The predicted molar refractivity (Wildman–Crippen MR) is 78.0 cm³/mol. The maximum absolute atomic E-state index is 12.3. The number of hydrogen-bond donors (Lipinski definition) is 2. The SMILES string of the molecule is Cc1occc1C(=O)NC1CCC(C(=O)O)C(C)(C)C1C. The van der Waals surface area contributed by atoms with Crippen molar-refractivity contribution in [1.82, 2.24) is 5.32 Å². The fourth-order valence-electron chi connectivity index (χ4n) is 3.31. The van der Waals surface area contributed by atoms with Crippen LogP contribution in [0.1, 0.15) is 49.7 Å². The molecule has 1 amide bonds. The fourth-order valence-corrected chi connectivity index (χ4v) is 3.31. The van der Waals surface area contributed by atoms with Crippen molar-refractivity contribution < 1.29 is 19.1 Å². The minimum atomic E-state index is -0.748. The van der Waals surface area contributed by atoms with Gasteiger partial charge in [0.25, 0.3) is 5.91 Å². The minimum absolute atomic E-state index is 0.0163. The summed E-state index contributed by atoms with van der Waals surface area (Å²) in [6.45, 7) is 7.71. The smallest absolute Gasteiger partial charge is 0.307 e. The van der Waals surface area contributed by atoms with Crippen molar-refractivity contribution in [3.05, 3.63) is 23.7 Å². The third-order valence-electron chi connectivity index (χ3n) is 5.16. The molecule has 5 heteroatoms. The monoisotopic (exact) mass is 293 g/mol. The standard InChI is InChI=1S/C16H23NO4/c1-9-13(6-5-12(15(19)20)16(9,3)4)17-14(18)11-7-8-21-10(11)2/h7-9,12-13H,5-6H2,1-4H3,(H,17,18)(H,19,20). The average molecular weight is 293 g/mol. The van der Waals surface area contributed by atoms with E-state index in [4.69, 9.17) is 4.42 Å². The number of rotatable bonds is 3. The van der Waals surface area contributed by atoms with Gasteiger partial charge in [0.2, 0.25) is 0 Å². The molecule has 1 aromatic rings. The third kappa shape index (κ3) is 2.82. The Kier molecular flexibility index (Phi) is 4.12. The molecule has 1 saturated carbocycles. The summed E-state index contributed by atoms with van der Waals surface area (Å²) in [6, 6.07) is 1.64. The van der Waals surface area contributed by atoms with Gasteiger partial charge in [-0.3, -0.25) is 9.59 Å². The van der Waals surface area contributed by atoms with Crippen LogP contribution in [0, 0.1) is 24.2 Å². The van der Waals surface area contributed by atoms with Gasteiger partial charge in [-0.05, 0) is 37.2 Å². The molecule has 1 aliphatic rings. The molecule has 1 aromatic heterocycles. The van der Waals surface area contributed by atoms with Crippen LogP contribution in [0.4, 0.5) is 0 Å². The first-order valence-corrected chi connectivity index (χ1v) is 7.33. The summed E-state index contributed by atoms with van der Waals surface area (Å²) < 4.78 is 5.15. The van der Waals surface area contributed by atoms with Gasteiger partial charge in [0.15, 0.2) is 0 Å². The van der Waals surface area contributed by atoms with E-state index in [2.05, 4.69) is 5.32 Å². The van der Waals surface area contributed by atoms with E-state index in [1.54, 1.807) is 13.0 Å². The van der Waals surface area contributed by atoms with E-state index in [0.717, 1.165) is 0 Å². The molecule has 0 bridgehead atoms. The lowest BCUT2D eigenvalue weighted by atomic mass is 9.61. The number of nitrogens with one attached hydrogen (secondary N) is 1. The molecule has 3 unspecified atom stereocenters. The molecule has 1 heterocycles. The van der Waals surface area contributed by atoms with Crippen LogP contribution in [0.5, 0.6) is 0 Å². The van der Waals surface area contributed by atoms with Crippen LogP contribution in [0.3, 0.4) is 0 Å². The molecule has 1 fully saturated rings. The minimum Gasteiger partial charge on any atom is -0.481 e. The molecule has 5 nitrogen and oxygen atoms in total. The summed E-state index contributed by atoms with van der Waals surface area (Å²) in [6.07, 6.45) is 2.77. The van der Waals surface area contributed by atoms with Crippen LogP contribution in [-0.2, 0) is 4.79 Å². The Bertz CT molecular complexity index is 546. The van der Waals surface area contributed by atoms with Crippen molar-refractivity contribution in [2.75, 3.05) is 0 Å². The maximum atomic E-state index is 12.3. The van der Waals surface area contributed by atoms with Crippen molar-refractivity contribution in [2.45, 2.75) is 46.6 Å². The Morgan fingerprint density at radius 1 is 1.38 bits per heavy atom. The van der Waals surface area contributed by atoms with Crippen LogP contribution < -0.4 is 5.32 Å². The zero-order chi connectivity index (χ0) is 15.8. The normalized spacial score (nSPS) is 28.1. The Balaban J connectivity index is 2.11. The van der Waals surface area contributed by atoms with Gasteiger partial charge >= 0.3 is 5.97 Å². The fraction of sp³-hybridized carbons (Fsp3) is 0.625. The van der Waals surface area contributed by atoms with Gasteiger partial charge in [-0.2, -0.15) is 0 Å². The van der Waals surface area contributed by atoms with Gasteiger partial charge in [0.05, 0.1) is 17.7 Å². The summed E-state index contributed by atoms with van der Waals surface area (Å²) in [5, 5.41) is 12.4. The summed E-state index contributed by atoms with van der Waals surface area (Å²) in [5.41, 5.74) is 0.188. The number of furan rings is 1. The zero-order valence-corrected chi connectivity index (χ0v) is 13.0. The van der Waals surface area contributed by atoms with Crippen molar-refractivity contribution in [3.8, 4) is 0 Å². The number of amides is 1. The molecule has 0 spiro atoms. The van der Waals surface area contributed by atoms with Crippen LogP contribution >= 0.6 is 0 Å². The average Bonchev–Trinajstić information content (AvgIpc) is 2.81. The molecule has 21 heavy (non-hydrogen) atoms. The second-order valence-corrected chi connectivity index (χ2v) is 6.55. The molecule has 3 atom stereocenters. The lowest BCUT2D eigenvalue weighted by Crippen LogP contribution is -2.52. The Morgan fingerprint density at radius 3 is 2.57 bits per heavy atom. The molecule has 0 aliphatic heterocycles. The highest BCUT2D eigenvalue weighted by atomic mass is 16.4. The van der Waals surface area contributed by atoms with E-state index < -0.39 is 5.97 Å². The van der Waals surface area contributed by atoms with Crippen molar-refractivity contribution in [2.24, 2.45) is 17.3 Å². The summed E-state index contributed by atoms with van der Waals surface area (Å²) in [7, 11) is 0. The molecule has 0 aromatic carbocycles. The Morgan fingerprint density at radius 2 is 2.05 bits per heavy atom. The van der Waals surface area contributed by atoms with Crippen LogP contribution in [-0.4, -0.2) is 23.0 Å². The Hall–Kier alpha value is -1.78. The summed E-state index contributed by atoms with van der Waals surface area (Å²) >= 11 is 0. The summed E-state index contributed by atoms with van der Waals surface area (Å²) in [5.74, 6) is -0.580. The van der Waals surface area contributed by atoms with Crippen LogP contribution in [0.2, 0.25) is 0 Å². The van der Waals surface area contributed by atoms with Crippen LogP contribution in [0.15, 0.2) is 16.7 Å². The van der Waals surface area contributed by atoms with E-state index in [9.17, 15) is 14.7 Å². The second kappa shape index (κ2) is 5.54. The van der Waals surface area contributed by atoms with Gasteiger partial charge in [-0.25, -0.2) is 0 Å². The van der Waals surface area contributed by atoms with E-state index in [1.165, 1.54) is 6.26 Å². The number of aryl methyl sites for hydroxylation is 1. The quantitative estimate of drug-likeness (QED) is 0.898. The highest BCUT2D eigenvalue weighted by molar-refractivity contribution is 5.95. The molecule has 0 radical (unpaired) electrons. The first-order valence-electron chi connectivity index (χ1n) is 7.33. The number of hydrogen-bond acceptors (Lipinski definition) is 3. The zero-order valence-electron chi connectivity index (χ0n) is 13.0. The lowest BCUT2D eigenvalue weighted by Gasteiger charge is -2.46. The molecule has 0 saturated heterocycles. The third-order valence-corrected chi connectivity index (χ3v) is 5.16. The number of aliphatic carboxylic acids is 1. The molecule has 116 valence electrons. The van der Waals surface area contributed by atoms with E-state index in [0.29, 0.717) is 24.2 Å². The van der Waals surface area contributed by atoms with Crippen LogP contribution in [0.25, 0.3) is 0 Å². The number of carbonyl (C=O) groups is 2. The molecular formula is C16H23NO4. The summed E-state index contributed by atoms with van der Waals surface area (Å²) in [4.78, 5) is 23.7. The first kappa shape index (κ1) is 15.6. The van der Waals surface area contributed by atoms with Gasteiger partial charge in [0, 0.05) is 6.04 Å². The number of carbonyl (C=O) groups excluding carboxylic acids is 1. The van der Waals surface area contributed by atoms with E-state index in [-0.39, 0.29) is 29.2 Å². The molecule has 1 aliphatic carbocycles. The first-order chi connectivity index (χ1) is 9.75. The largest absolute Gasteiger partial charge is 0.481 e. The number of carboxylic acid groups (broad SMARTS) is 1. The maximum Gasteiger partial charge on any atom is 0.307 e. The lowest BCUT2D eigenvalue weighted by molar-refractivity contribution is -0.150. The van der Waals surface area contributed by atoms with E-state index in [1.807, 2.05) is 20.8 Å². The van der Waals surface area contributed by atoms with Gasteiger partial charge < -0.3 is 14.8 Å². The molecule has 2 rings (SSSR count). The predicted octanol–water partition coefficient (Wildman–Crippen LogP) is 2.84. The molecular weight excluding hydrogens is 270 g/mol. The van der Waals surface area contributed by atoms with Gasteiger partial charge in [0.1, 0.15) is 5.76 Å². The van der Waals surface area contributed by atoms with Gasteiger partial charge in [-0.1, -0.05) is 20.8 Å². The highest BCUT2D eigenvalue weighted by Crippen LogP contribution is 2.45. The second-order valence-electron chi connectivity index (χ2n) is 6.55. The van der Waals surface area contributed by atoms with E-state index >= 15 is 0 Å². The van der Waals surface area contributed by atoms with Crippen molar-refractivity contribution in [3.63, 3.8) is 0 Å². The topological polar surface area (TPSA) is 79.5 Å².